The molecule has 1 nitrogen and oxygen atoms in total. The number of thiophene rings is 1. The van der Waals surface area contributed by atoms with Crippen molar-refractivity contribution in [2.45, 2.75) is 32.7 Å². The Kier molecular flexibility index (Phi) is 6.27. The summed E-state index contributed by atoms with van der Waals surface area (Å²) in [5, 5.41) is 8.02. The van der Waals surface area contributed by atoms with E-state index in [1.807, 2.05) is 0 Å². The topological polar surface area (TPSA) is 12.0 Å². The number of benzene rings is 1. The highest BCUT2D eigenvalue weighted by molar-refractivity contribution is 9.10. The second-order valence-electron chi connectivity index (χ2n) is 5.60. The lowest BCUT2D eigenvalue weighted by Crippen LogP contribution is -2.31. The predicted molar refractivity (Wildman–Crippen MR) is 92.5 cm³/mol. The van der Waals surface area contributed by atoms with Gasteiger partial charge in [-0.05, 0) is 65.4 Å². The molecular formula is C17H22BrNS. The summed E-state index contributed by atoms with van der Waals surface area (Å²) in [6.07, 6.45) is 2.27. The largest absolute Gasteiger partial charge is 0.314 e. The van der Waals surface area contributed by atoms with Crippen LogP contribution < -0.4 is 5.32 Å². The van der Waals surface area contributed by atoms with E-state index in [0.29, 0.717) is 12.0 Å². The highest BCUT2D eigenvalue weighted by atomic mass is 79.9. The van der Waals surface area contributed by atoms with E-state index < -0.39 is 0 Å². The Balaban J connectivity index is 2.01. The Bertz CT molecular complexity index is 507. The lowest BCUT2D eigenvalue weighted by Gasteiger charge is -2.19. The Morgan fingerprint density at radius 1 is 1.15 bits per heavy atom. The van der Waals surface area contributed by atoms with E-state index in [1.165, 1.54) is 15.6 Å². The molecule has 2 rings (SSSR count). The van der Waals surface area contributed by atoms with Crippen molar-refractivity contribution in [2.24, 2.45) is 5.92 Å². The summed E-state index contributed by atoms with van der Waals surface area (Å²) < 4.78 is 1.17. The number of hydrogen-bond acceptors (Lipinski definition) is 2. The normalized spacial score (nSPS) is 12.8. The summed E-state index contributed by atoms with van der Waals surface area (Å²) in [6.45, 7) is 5.49. The van der Waals surface area contributed by atoms with E-state index in [4.69, 9.17) is 0 Å². The maximum absolute atomic E-state index is 3.58. The van der Waals surface area contributed by atoms with Crippen LogP contribution in [0.25, 0.3) is 0 Å². The Morgan fingerprint density at radius 2 is 1.95 bits per heavy atom. The molecule has 1 unspecified atom stereocenters. The van der Waals surface area contributed by atoms with Crippen molar-refractivity contribution in [1.82, 2.24) is 5.32 Å². The van der Waals surface area contributed by atoms with Gasteiger partial charge in [0.1, 0.15) is 0 Å². The average molecular weight is 352 g/mol. The standard InChI is InChI=1S/C17H22BrNS/c1-13(2)19-11-16(9-15-6-7-20-12-15)8-14-4-3-5-17(18)10-14/h3-7,10,12-13,16,19H,8-9,11H2,1-2H3. The van der Waals surface area contributed by atoms with Gasteiger partial charge in [-0.2, -0.15) is 11.3 Å². The molecule has 1 heterocycles. The zero-order valence-corrected chi connectivity index (χ0v) is 14.5. The highest BCUT2D eigenvalue weighted by Gasteiger charge is 2.12. The quantitative estimate of drug-likeness (QED) is 0.747. The zero-order chi connectivity index (χ0) is 14.4. The fourth-order valence-corrected chi connectivity index (χ4v) is 3.49. The summed E-state index contributed by atoms with van der Waals surface area (Å²) in [7, 11) is 0. The zero-order valence-electron chi connectivity index (χ0n) is 12.1. The fourth-order valence-electron chi connectivity index (χ4n) is 2.36. The molecule has 0 aliphatic rings. The summed E-state index contributed by atoms with van der Waals surface area (Å²) in [5.74, 6) is 0.640. The maximum Gasteiger partial charge on any atom is 0.0177 e. The van der Waals surface area contributed by atoms with Gasteiger partial charge in [0.2, 0.25) is 0 Å². The van der Waals surface area contributed by atoms with E-state index in [9.17, 15) is 0 Å². The molecule has 0 saturated carbocycles. The van der Waals surface area contributed by atoms with Crippen molar-refractivity contribution in [2.75, 3.05) is 6.54 Å². The molecular weight excluding hydrogens is 330 g/mol. The first kappa shape index (κ1) is 15.7. The van der Waals surface area contributed by atoms with Gasteiger partial charge in [-0.25, -0.2) is 0 Å². The van der Waals surface area contributed by atoms with Crippen molar-refractivity contribution in [3.05, 3.63) is 56.7 Å². The molecule has 2 aromatic rings. The van der Waals surface area contributed by atoms with Gasteiger partial charge in [0.05, 0.1) is 0 Å². The minimum absolute atomic E-state index is 0.544. The third-order valence-corrected chi connectivity index (χ3v) is 4.56. The van der Waals surface area contributed by atoms with Crippen molar-refractivity contribution >= 4 is 27.3 Å². The van der Waals surface area contributed by atoms with E-state index in [2.05, 4.69) is 76.2 Å². The minimum atomic E-state index is 0.544. The molecule has 20 heavy (non-hydrogen) atoms. The first-order valence-corrected chi connectivity index (χ1v) is 8.86. The molecule has 0 saturated heterocycles. The average Bonchev–Trinajstić information content (AvgIpc) is 2.89. The molecule has 0 amide bonds. The summed E-state index contributed by atoms with van der Waals surface area (Å²) in [6, 6.07) is 11.5. The van der Waals surface area contributed by atoms with Crippen LogP contribution in [0.5, 0.6) is 0 Å². The Morgan fingerprint density at radius 3 is 2.60 bits per heavy atom. The predicted octanol–water partition coefficient (Wildman–Crippen LogP) is 4.91. The molecule has 0 radical (unpaired) electrons. The first-order chi connectivity index (χ1) is 9.63. The van der Waals surface area contributed by atoms with E-state index >= 15 is 0 Å². The molecule has 1 N–H and O–H groups in total. The van der Waals surface area contributed by atoms with Crippen molar-refractivity contribution < 1.29 is 0 Å². The minimum Gasteiger partial charge on any atom is -0.314 e. The molecule has 3 heteroatoms. The molecule has 0 bridgehead atoms. The van der Waals surface area contributed by atoms with Gasteiger partial charge in [-0.15, -0.1) is 0 Å². The van der Waals surface area contributed by atoms with Crippen LogP contribution in [0, 0.1) is 5.92 Å². The van der Waals surface area contributed by atoms with E-state index in [1.54, 1.807) is 11.3 Å². The second-order valence-corrected chi connectivity index (χ2v) is 7.29. The molecule has 0 fully saturated rings. The van der Waals surface area contributed by atoms with Crippen LogP contribution in [-0.4, -0.2) is 12.6 Å². The van der Waals surface area contributed by atoms with Gasteiger partial charge in [-0.1, -0.05) is 41.9 Å². The van der Waals surface area contributed by atoms with Crippen molar-refractivity contribution in [3.8, 4) is 0 Å². The van der Waals surface area contributed by atoms with Crippen LogP contribution in [0.4, 0.5) is 0 Å². The SMILES string of the molecule is CC(C)NCC(Cc1ccsc1)Cc1cccc(Br)c1. The van der Waals surface area contributed by atoms with Gasteiger partial charge in [-0.3, -0.25) is 0 Å². The van der Waals surface area contributed by atoms with Gasteiger partial charge >= 0.3 is 0 Å². The summed E-state index contributed by atoms with van der Waals surface area (Å²) >= 11 is 5.35. The summed E-state index contributed by atoms with van der Waals surface area (Å²) in [4.78, 5) is 0. The van der Waals surface area contributed by atoms with Gasteiger partial charge < -0.3 is 5.32 Å². The van der Waals surface area contributed by atoms with E-state index in [0.717, 1.165) is 19.4 Å². The van der Waals surface area contributed by atoms with Gasteiger partial charge in [0.25, 0.3) is 0 Å². The fraction of sp³-hybridized carbons (Fsp3) is 0.412. The highest BCUT2D eigenvalue weighted by Crippen LogP contribution is 2.19. The lowest BCUT2D eigenvalue weighted by atomic mass is 9.93. The van der Waals surface area contributed by atoms with Gasteiger partial charge in [0.15, 0.2) is 0 Å². The van der Waals surface area contributed by atoms with Crippen LogP contribution in [-0.2, 0) is 12.8 Å². The number of halogens is 1. The lowest BCUT2D eigenvalue weighted by molar-refractivity contribution is 0.444. The first-order valence-electron chi connectivity index (χ1n) is 7.12. The Hall–Kier alpha value is -0.640. The third-order valence-electron chi connectivity index (χ3n) is 3.33. The van der Waals surface area contributed by atoms with Crippen LogP contribution in [0.1, 0.15) is 25.0 Å². The molecule has 0 aliphatic carbocycles. The molecule has 0 spiro atoms. The van der Waals surface area contributed by atoms with Crippen LogP contribution in [0.3, 0.4) is 0 Å². The molecule has 1 aromatic heterocycles. The number of hydrogen-bond donors (Lipinski definition) is 1. The summed E-state index contributed by atoms with van der Waals surface area (Å²) in [5.41, 5.74) is 2.87. The van der Waals surface area contributed by atoms with Crippen molar-refractivity contribution in [3.63, 3.8) is 0 Å². The molecule has 1 aromatic carbocycles. The second kappa shape index (κ2) is 7.96. The van der Waals surface area contributed by atoms with E-state index in [-0.39, 0.29) is 0 Å². The van der Waals surface area contributed by atoms with Crippen LogP contribution in [0.2, 0.25) is 0 Å². The maximum atomic E-state index is 3.58. The number of nitrogens with one attached hydrogen (secondary N) is 1. The van der Waals surface area contributed by atoms with Crippen molar-refractivity contribution in [1.29, 1.82) is 0 Å². The van der Waals surface area contributed by atoms with Gasteiger partial charge in [0, 0.05) is 10.5 Å². The monoisotopic (exact) mass is 351 g/mol. The molecule has 108 valence electrons. The van der Waals surface area contributed by atoms with Crippen LogP contribution >= 0.6 is 27.3 Å². The Labute approximate surface area is 134 Å². The molecule has 1 atom stereocenters. The molecule has 0 aliphatic heterocycles. The van der Waals surface area contributed by atoms with Crippen LogP contribution in [0.15, 0.2) is 45.6 Å². The number of rotatable bonds is 7. The third kappa shape index (κ3) is 5.39. The smallest absolute Gasteiger partial charge is 0.0177 e.